The first kappa shape index (κ1) is 31.0. The Balaban J connectivity index is 1.35. The molecule has 0 spiro atoms. The molecule has 2 aromatic heterocycles. The lowest BCUT2D eigenvalue weighted by Crippen LogP contribution is -2.42. The number of aliphatic hydroxyl groups is 1. The molecule has 9 heteroatoms. The minimum absolute atomic E-state index is 0.0161. The fraction of sp³-hybridized carbons (Fsp3) is 0.216. The number of primary amides is 1. The Morgan fingerprint density at radius 3 is 2.37 bits per heavy atom. The first-order valence-electron chi connectivity index (χ1n) is 15.3. The number of hydrogen-bond donors (Lipinski definition) is 2. The molecule has 4 aromatic carbocycles. The summed E-state index contributed by atoms with van der Waals surface area (Å²) < 4.78 is 10.5. The minimum Gasteiger partial charge on any atom is -0.426 e. The van der Waals surface area contributed by atoms with E-state index >= 15 is 0 Å². The second kappa shape index (κ2) is 12.8. The monoisotopic (exact) mass is 633 g/mol. The summed E-state index contributed by atoms with van der Waals surface area (Å²) in [5.74, 6) is -1.59. The van der Waals surface area contributed by atoms with E-state index in [9.17, 15) is 19.5 Å². The van der Waals surface area contributed by atoms with Crippen molar-refractivity contribution in [2.24, 2.45) is 5.73 Å². The largest absolute Gasteiger partial charge is 0.426 e. The van der Waals surface area contributed by atoms with Crippen LogP contribution in [-0.4, -0.2) is 26.1 Å². The number of fused-ring (bicyclic) bond motifs is 2. The standard InChI is InChI=1S/C37H35N3O5S/c1-3-12-27(21-33(41)45-31-19-10-7-16-28(31)37(44,35(38)42)26-14-5-4-6-15-26)40-30-18-9-8-17-29(30)39(36(40)43)22-25-23-46-32-20-11-13-24(2)34(25)32/h4-11,13-20,23,27,44H,3,12,21-22H2,1-2H3,(H2,38,42). The van der Waals surface area contributed by atoms with Gasteiger partial charge in [0.2, 0.25) is 0 Å². The zero-order chi connectivity index (χ0) is 32.4. The second-order valence-corrected chi connectivity index (χ2v) is 12.4. The van der Waals surface area contributed by atoms with Gasteiger partial charge in [-0.2, -0.15) is 0 Å². The summed E-state index contributed by atoms with van der Waals surface area (Å²) in [6.45, 7) is 4.49. The lowest BCUT2D eigenvalue weighted by molar-refractivity contribution is -0.137. The van der Waals surface area contributed by atoms with Crippen LogP contribution in [0.5, 0.6) is 5.75 Å². The first-order chi connectivity index (χ1) is 22.2. The molecule has 0 fully saturated rings. The predicted molar refractivity (Wildman–Crippen MR) is 181 cm³/mol. The van der Waals surface area contributed by atoms with E-state index in [4.69, 9.17) is 10.5 Å². The van der Waals surface area contributed by atoms with Gasteiger partial charge in [-0.3, -0.25) is 18.7 Å². The van der Waals surface area contributed by atoms with E-state index in [1.807, 2.05) is 37.3 Å². The van der Waals surface area contributed by atoms with E-state index < -0.39 is 23.5 Å². The van der Waals surface area contributed by atoms with E-state index in [-0.39, 0.29) is 29.0 Å². The van der Waals surface area contributed by atoms with Crippen molar-refractivity contribution in [3.05, 3.63) is 135 Å². The van der Waals surface area contributed by atoms with Crippen LogP contribution in [0, 0.1) is 6.92 Å². The maximum Gasteiger partial charge on any atom is 0.329 e. The number of aromatic nitrogens is 2. The van der Waals surface area contributed by atoms with Gasteiger partial charge in [0, 0.05) is 21.7 Å². The number of carbonyl (C=O) groups excluding carboxylic acids is 2. The number of imidazole rings is 1. The number of amides is 1. The summed E-state index contributed by atoms with van der Waals surface area (Å²) in [4.78, 5) is 40.5. The number of thiophene rings is 1. The van der Waals surface area contributed by atoms with Gasteiger partial charge in [0.1, 0.15) is 5.75 Å². The van der Waals surface area contributed by atoms with Gasteiger partial charge in [0.15, 0.2) is 5.60 Å². The average molecular weight is 634 g/mol. The number of para-hydroxylation sites is 3. The van der Waals surface area contributed by atoms with E-state index in [0.29, 0.717) is 13.0 Å². The zero-order valence-electron chi connectivity index (χ0n) is 25.7. The SMILES string of the molecule is CCCC(CC(=O)Oc1ccccc1C(O)(C(N)=O)c1ccccc1)n1c(=O)n(Cc2csc3cccc(C)c23)c2ccccc21. The van der Waals surface area contributed by atoms with Crippen molar-refractivity contribution < 1.29 is 19.4 Å². The van der Waals surface area contributed by atoms with E-state index in [0.717, 1.165) is 34.0 Å². The molecule has 6 rings (SSSR count). The molecule has 0 aliphatic carbocycles. The highest BCUT2D eigenvalue weighted by Crippen LogP contribution is 2.36. The van der Waals surface area contributed by atoms with Crippen molar-refractivity contribution in [1.82, 2.24) is 9.13 Å². The Morgan fingerprint density at radius 1 is 0.935 bits per heavy atom. The van der Waals surface area contributed by atoms with Gasteiger partial charge in [-0.15, -0.1) is 11.3 Å². The Bertz CT molecular complexity index is 2110. The van der Waals surface area contributed by atoms with Crippen LogP contribution in [0.1, 0.15) is 54.5 Å². The molecule has 3 N–H and O–H groups in total. The normalized spacial score (nSPS) is 13.5. The molecule has 6 aromatic rings. The maximum atomic E-state index is 14.2. The molecule has 0 saturated carbocycles. The predicted octanol–water partition coefficient (Wildman–Crippen LogP) is 6.43. The highest BCUT2D eigenvalue weighted by atomic mass is 32.1. The maximum absolute atomic E-state index is 14.2. The van der Waals surface area contributed by atoms with E-state index in [1.165, 1.54) is 16.8 Å². The Hall–Kier alpha value is -4.99. The average Bonchev–Trinajstić information content (AvgIpc) is 3.60. The number of aryl methyl sites for hydroxylation is 1. The van der Waals surface area contributed by atoms with Gasteiger partial charge in [0.25, 0.3) is 5.91 Å². The number of nitrogens with zero attached hydrogens (tertiary/aromatic N) is 2. The second-order valence-electron chi connectivity index (χ2n) is 11.5. The molecule has 0 radical (unpaired) electrons. The lowest BCUT2D eigenvalue weighted by Gasteiger charge is -2.27. The molecule has 1 amide bonds. The molecule has 0 aliphatic heterocycles. The molecular weight excluding hydrogens is 598 g/mol. The van der Waals surface area contributed by atoms with E-state index in [2.05, 4.69) is 24.4 Å². The number of benzene rings is 4. The molecule has 234 valence electrons. The topological polar surface area (TPSA) is 117 Å². The summed E-state index contributed by atoms with van der Waals surface area (Å²) in [7, 11) is 0. The van der Waals surface area contributed by atoms with Crippen LogP contribution >= 0.6 is 11.3 Å². The molecule has 0 bridgehead atoms. The molecular formula is C37H35N3O5S. The molecule has 0 saturated heterocycles. The van der Waals surface area contributed by atoms with Gasteiger partial charge in [-0.1, -0.05) is 86.1 Å². The van der Waals surface area contributed by atoms with Crippen molar-refractivity contribution in [3.8, 4) is 5.75 Å². The van der Waals surface area contributed by atoms with Crippen LogP contribution in [0.2, 0.25) is 0 Å². The molecule has 8 nitrogen and oxygen atoms in total. The first-order valence-corrected chi connectivity index (χ1v) is 16.2. The number of esters is 1. The van der Waals surface area contributed by atoms with Crippen LogP contribution in [0.15, 0.2) is 107 Å². The van der Waals surface area contributed by atoms with Crippen molar-refractivity contribution in [2.75, 3.05) is 0 Å². The van der Waals surface area contributed by atoms with Gasteiger partial charge in [0.05, 0.1) is 24.0 Å². The Morgan fingerprint density at radius 2 is 1.63 bits per heavy atom. The highest BCUT2D eigenvalue weighted by Gasteiger charge is 2.41. The third-order valence-electron chi connectivity index (χ3n) is 8.52. The van der Waals surface area contributed by atoms with Gasteiger partial charge in [-0.25, -0.2) is 4.79 Å². The van der Waals surface area contributed by atoms with Crippen molar-refractivity contribution in [1.29, 1.82) is 0 Å². The quantitative estimate of drug-likeness (QED) is 0.126. The fourth-order valence-electron chi connectivity index (χ4n) is 6.35. The number of rotatable bonds is 11. The van der Waals surface area contributed by atoms with Crippen molar-refractivity contribution in [2.45, 2.75) is 51.3 Å². The summed E-state index contributed by atoms with van der Waals surface area (Å²) in [6, 6.07) is 28.0. The van der Waals surface area contributed by atoms with Crippen molar-refractivity contribution >= 4 is 44.3 Å². The number of ether oxygens (including phenoxy) is 1. The van der Waals surface area contributed by atoms with Gasteiger partial charge < -0.3 is 15.6 Å². The van der Waals surface area contributed by atoms with Crippen LogP contribution < -0.4 is 16.2 Å². The summed E-state index contributed by atoms with van der Waals surface area (Å²) >= 11 is 1.66. The van der Waals surface area contributed by atoms with E-state index in [1.54, 1.807) is 62.9 Å². The lowest BCUT2D eigenvalue weighted by atomic mass is 9.85. The summed E-state index contributed by atoms with van der Waals surface area (Å²) in [5.41, 5.74) is 7.36. The number of nitrogens with two attached hydrogens (primary N) is 1. The fourth-order valence-corrected chi connectivity index (χ4v) is 7.37. The van der Waals surface area contributed by atoms with Crippen LogP contribution in [0.3, 0.4) is 0 Å². The Labute approximate surface area is 270 Å². The summed E-state index contributed by atoms with van der Waals surface area (Å²) in [5, 5.41) is 14.9. The molecule has 46 heavy (non-hydrogen) atoms. The molecule has 0 aliphatic rings. The smallest absolute Gasteiger partial charge is 0.329 e. The minimum atomic E-state index is -2.23. The molecule has 2 heterocycles. The number of carbonyl (C=O) groups is 2. The number of hydrogen-bond acceptors (Lipinski definition) is 6. The van der Waals surface area contributed by atoms with Crippen LogP contribution in [-0.2, 0) is 21.7 Å². The van der Waals surface area contributed by atoms with Gasteiger partial charge in [-0.05, 0) is 59.7 Å². The molecule has 2 atom stereocenters. The third kappa shape index (κ3) is 5.52. The van der Waals surface area contributed by atoms with Gasteiger partial charge >= 0.3 is 11.7 Å². The van der Waals surface area contributed by atoms with Crippen LogP contribution in [0.25, 0.3) is 21.1 Å². The zero-order valence-corrected chi connectivity index (χ0v) is 26.5. The summed E-state index contributed by atoms with van der Waals surface area (Å²) in [6.07, 6.45) is 1.18. The highest BCUT2D eigenvalue weighted by molar-refractivity contribution is 7.17. The molecule has 2 unspecified atom stereocenters. The third-order valence-corrected chi connectivity index (χ3v) is 9.52. The van der Waals surface area contributed by atoms with Crippen LogP contribution in [0.4, 0.5) is 0 Å². The Kier molecular flexibility index (Phi) is 8.62. The van der Waals surface area contributed by atoms with Crippen molar-refractivity contribution in [3.63, 3.8) is 0 Å².